The molecule has 1 nitrogen and oxygen atoms in total. The van der Waals surface area contributed by atoms with Crippen LogP contribution in [0.25, 0.3) is 0 Å². The van der Waals surface area contributed by atoms with Gasteiger partial charge in [-0.3, -0.25) is 4.99 Å². The van der Waals surface area contributed by atoms with Crippen molar-refractivity contribution in [3.05, 3.63) is 12.2 Å². The molecular formula is C5H5BrClN. The maximum Gasteiger partial charge on any atom is 0.139 e. The van der Waals surface area contributed by atoms with Crippen LogP contribution in [-0.4, -0.2) is 16.5 Å². The highest BCUT2D eigenvalue weighted by atomic mass is 79.9. The zero-order valence-corrected chi connectivity index (χ0v) is 6.43. The third kappa shape index (κ3) is 1.33. The van der Waals surface area contributed by atoms with E-state index in [9.17, 15) is 0 Å². The Balaban J connectivity index is 2.59. The Kier molecular flexibility index (Phi) is 2.08. The van der Waals surface area contributed by atoms with Gasteiger partial charge in [0.25, 0.3) is 0 Å². The number of aliphatic imine (C=N–C) groups is 1. The first-order valence-corrected chi connectivity index (χ1v) is 3.64. The monoisotopic (exact) mass is 193 g/mol. The molecule has 1 heterocycles. The summed E-state index contributed by atoms with van der Waals surface area (Å²) in [5.41, 5.74) is -0.125. The fraction of sp³-hybridized carbons (Fsp3) is 0.400. The van der Waals surface area contributed by atoms with Gasteiger partial charge in [0.05, 0.1) is 4.83 Å². The number of allylic oxidation sites excluding steroid dienone is 1. The molecule has 0 N–H and O–H groups in total. The molecule has 1 aliphatic heterocycles. The van der Waals surface area contributed by atoms with Crippen molar-refractivity contribution in [1.82, 2.24) is 0 Å². The summed E-state index contributed by atoms with van der Waals surface area (Å²) in [6.07, 6.45) is 5.54. The normalized spacial score (nSPS) is 35.8. The quantitative estimate of drug-likeness (QED) is 0.413. The molecule has 2 unspecified atom stereocenters. The summed E-state index contributed by atoms with van der Waals surface area (Å²) in [7, 11) is 0. The van der Waals surface area contributed by atoms with Crippen molar-refractivity contribution in [2.75, 3.05) is 0 Å². The molecule has 1 rings (SSSR count). The number of alkyl halides is 2. The summed E-state index contributed by atoms with van der Waals surface area (Å²) in [5.74, 6) is 0. The Morgan fingerprint density at radius 1 is 1.62 bits per heavy atom. The van der Waals surface area contributed by atoms with Gasteiger partial charge >= 0.3 is 0 Å². The molecule has 3 heteroatoms. The van der Waals surface area contributed by atoms with Gasteiger partial charge in [0.1, 0.15) is 5.50 Å². The number of hydrogen-bond donors (Lipinski definition) is 0. The zero-order chi connectivity index (χ0) is 5.98. The maximum absolute atomic E-state index is 5.67. The predicted octanol–water partition coefficient (Wildman–Crippen LogP) is 1.96. The Morgan fingerprint density at radius 3 is 2.75 bits per heavy atom. The number of hydrogen-bond acceptors (Lipinski definition) is 1. The topological polar surface area (TPSA) is 12.4 Å². The van der Waals surface area contributed by atoms with E-state index in [-0.39, 0.29) is 10.3 Å². The van der Waals surface area contributed by atoms with E-state index in [4.69, 9.17) is 11.6 Å². The second kappa shape index (κ2) is 2.65. The minimum Gasteiger partial charge on any atom is -0.272 e. The van der Waals surface area contributed by atoms with Crippen LogP contribution in [0.15, 0.2) is 17.1 Å². The lowest BCUT2D eigenvalue weighted by Gasteiger charge is -2.09. The van der Waals surface area contributed by atoms with Crippen LogP contribution >= 0.6 is 27.5 Å². The van der Waals surface area contributed by atoms with E-state index < -0.39 is 0 Å². The third-order valence-electron chi connectivity index (χ3n) is 0.872. The van der Waals surface area contributed by atoms with E-state index in [1.54, 1.807) is 6.21 Å². The summed E-state index contributed by atoms with van der Waals surface area (Å²) >= 11 is 8.99. The van der Waals surface area contributed by atoms with Crippen molar-refractivity contribution in [1.29, 1.82) is 0 Å². The van der Waals surface area contributed by atoms with E-state index in [0.717, 1.165) is 0 Å². The van der Waals surface area contributed by atoms with Crippen molar-refractivity contribution in [2.24, 2.45) is 4.99 Å². The van der Waals surface area contributed by atoms with Gasteiger partial charge in [-0.25, -0.2) is 0 Å². The first-order chi connectivity index (χ1) is 3.80. The van der Waals surface area contributed by atoms with Crippen LogP contribution in [-0.2, 0) is 0 Å². The Morgan fingerprint density at radius 2 is 2.38 bits per heavy atom. The molecule has 44 valence electrons. The Hall–Kier alpha value is 0.180. The van der Waals surface area contributed by atoms with E-state index in [1.165, 1.54) is 0 Å². The molecule has 0 aliphatic carbocycles. The second-order valence-electron chi connectivity index (χ2n) is 1.50. The van der Waals surface area contributed by atoms with Crippen LogP contribution in [0.1, 0.15) is 0 Å². The highest BCUT2D eigenvalue weighted by molar-refractivity contribution is 9.09. The van der Waals surface area contributed by atoms with Gasteiger partial charge in [-0.15, -0.1) is 0 Å². The third-order valence-corrected chi connectivity index (χ3v) is 2.37. The van der Waals surface area contributed by atoms with Crippen LogP contribution in [0.4, 0.5) is 0 Å². The molecular weight excluding hydrogens is 189 g/mol. The molecule has 0 radical (unpaired) electrons. The zero-order valence-electron chi connectivity index (χ0n) is 4.09. The lowest BCUT2D eigenvalue weighted by Crippen LogP contribution is -2.11. The molecule has 0 saturated carbocycles. The highest BCUT2D eigenvalue weighted by Crippen LogP contribution is 2.16. The average molecular weight is 194 g/mol. The molecule has 1 aliphatic rings. The van der Waals surface area contributed by atoms with Gasteiger partial charge in [0.2, 0.25) is 0 Å². The molecule has 0 spiro atoms. The molecule has 0 amide bonds. The van der Waals surface area contributed by atoms with Crippen molar-refractivity contribution >= 4 is 33.7 Å². The summed E-state index contributed by atoms with van der Waals surface area (Å²) in [4.78, 5) is 4.12. The standard InChI is InChI=1S/C5H5BrClN/c6-4-2-1-3-8-5(4)7/h1-5H. The van der Waals surface area contributed by atoms with E-state index in [2.05, 4.69) is 20.9 Å². The summed E-state index contributed by atoms with van der Waals surface area (Å²) in [6, 6.07) is 0. The minimum absolute atomic E-state index is 0.125. The molecule has 0 aromatic carbocycles. The molecule has 8 heavy (non-hydrogen) atoms. The fourth-order valence-electron chi connectivity index (χ4n) is 0.462. The smallest absolute Gasteiger partial charge is 0.139 e. The number of rotatable bonds is 0. The van der Waals surface area contributed by atoms with Crippen LogP contribution < -0.4 is 0 Å². The average Bonchev–Trinajstić information content (AvgIpc) is 1.77. The predicted molar refractivity (Wildman–Crippen MR) is 40.0 cm³/mol. The lowest BCUT2D eigenvalue weighted by atomic mass is 10.3. The lowest BCUT2D eigenvalue weighted by molar-refractivity contribution is 0.947. The Labute approximate surface area is 61.6 Å². The molecule has 0 aromatic heterocycles. The summed E-state index contributed by atoms with van der Waals surface area (Å²) in [5, 5.41) is 0. The fourth-order valence-corrected chi connectivity index (χ4v) is 0.923. The van der Waals surface area contributed by atoms with Gasteiger partial charge in [0.15, 0.2) is 0 Å². The van der Waals surface area contributed by atoms with E-state index in [1.807, 2.05) is 12.2 Å². The number of dihydropyridines is 1. The largest absolute Gasteiger partial charge is 0.272 e. The van der Waals surface area contributed by atoms with Crippen LogP contribution in [0.5, 0.6) is 0 Å². The minimum atomic E-state index is -0.125. The van der Waals surface area contributed by atoms with Crippen LogP contribution in [0.2, 0.25) is 0 Å². The van der Waals surface area contributed by atoms with Crippen molar-refractivity contribution in [3.8, 4) is 0 Å². The first-order valence-electron chi connectivity index (χ1n) is 2.29. The molecule has 0 bridgehead atoms. The highest BCUT2D eigenvalue weighted by Gasteiger charge is 2.11. The first kappa shape index (κ1) is 6.30. The number of nitrogens with zero attached hydrogens (tertiary/aromatic N) is 1. The second-order valence-corrected chi connectivity index (χ2v) is 3.00. The van der Waals surface area contributed by atoms with Gasteiger partial charge in [-0.2, -0.15) is 0 Å². The van der Waals surface area contributed by atoms with E-state index >= 15 is 0 Å². The van der Waals surface area contributed by atoms with Gasteiger partial charge in [0, 0.05) is 6.21 Å². The molecule has 2 atom stereocenters. The molecule has 0 fully saturated rings. The van der Waals surface area contributed by atoms with Crippen molar-refractivity contribution in [2.45, 2.75) is 10.3 Å². The maximum atomic E-state index is 5.67. The molecule has 0 saturated heterocycles. The molecule has 0 aromatic rings. The van der Waals surface area contributed by atoms with E-state index in [0.29, 0.717) is 0 Å². The van der Waals surface area contributed by atoms with Crippen LogP contribution in [0, 0.1) is 0 Å². The SMILES string of the molecule is ClC1N=CC=CC1Br. The number of halogens is 2. The summed E-state index contributed by atoms with van der Waals surface area (Å²) in [6.45, 7) is 0. The van der Waals surface area contributed by atoms with Crippen molar-refractivity contribution < 1.29 is 0 Å². The summed E-state index contributed by atoms with van der Waals surface area (Å²) < 4.78 is 0. The van der Waals surface area contributed by atoms with Gasteiger partial charge < -0.3 is 0 Å². The Bertz CT molecular complexity index is 116. The van der Waals surface area contributed by atoms with Crippen LogP contribution in [0.3, 0.4) is 0 Å². The van der Waals surface area contributed by atoms with Crippen molar-refractivity contribution in [3.63, 3.8) is 0 Å². The van der Waals surface area contributed by atoms with Gasteiger partial charge in [-0.1, -0.05) is 33.6 Å². The van der Waals surface area contributed by atoms with Gasteiger partial charge in [-0.05, 0) is 6.08 Å².